The lowest BCUT2D eigenvalue weighted by molar-refractivity contribution is 0.416. The van der Waals surface area contributed by atoms with Crippen molar-refractivity contribution >= 4 is 60.5 Å². The van der Waals surface area contributed by atoms with E-state index in [4.69, 9.17) is 27.9 Å². The number of thiazole rings is 1. The Kier molecular flexibility index (Phi) is 5.35. The highest BCUT2D eigenvalue weighted by Gasteiger charge is 2.18. The summed E-state index contributed by atoms with van der Waals surface area (Å²) in [4.78, 5) is 8.54. The van der Waals surface area contributed by atoms with E-state index in [0.717, 1.165) is 5.39 Å². The molecule has 0 saturated carbocycles. The third-order valence-corrected chi connectivity index (χ3v) is 7.07. The highest BCUT2D eigenvalue weighted by atomic mass is 35.5. The van der Waals surface area contributed by atoms with Gasteiger partial charge >= 0.3 is 0 Å². The Morgan fingerprint density at radius 3 is 2.55 bits per heavy atom. The van der Waals surface area contributed by atoms with Crippen LogP contribution in [0, 0.1) is 0 Å². The minimum absolute atomic E-state index is 0.124. The first-order valence-electron chi connectivity index (χ1n) is 8.23. The predicted octanol–water partition coefficient (Wildman–Crippen LogP) is 5.47. The van der Waals surface area contributed by atoms with Crippen LogP contribution < -0.4 is 9.46 Å². The van der Waals surface area contributed by atoms with E-state index in [0.29, 0.717) is 37.6 Å². The molecule has 0 aliphatic heterocycles. The van der Waals surface area contributed by atoms with E-state index in [-0.39, 0.29) is 4.90 Å². The Balaban J connectivity index is 1.83. The fourth-order valence-electron chi connectivity index (χ4n) is 2.87. The van der Waals surface area contributed by atoms with Crippen molar-refractivity contribution in [1.29, 1.82) is 0 Å². The largest absolute Gasteiger partial charge is 0.496 e. The molecule has 0 spiro atoms. The van der Waals surface area contributed by atoms with E-state index >= 15 is 0 Å². The molecule has 1 N–H and O–H groups in total. The number of rotatable bonds is 5. The van der Waals surface area contributed by atoms with Crippen LogP contribution in [0.15, 0.2) is 59.1 Å². The number of methoxy groups -OCH3 is 1. The van der Waals surface area contributed by atoms with Gasteiger partial charge in [0, 0.05) is 34.8 Å². The van der Waals surface area contributed by atoms with Crippen LogP contribution in [-0.2, 0) is 10.0 Å². The zero-order valence-corrected chi connectivity index (χ0v) is 18.0. The van der Waals surface area contributed by atoms with Crippen LogP contribution in [-0.4, -0.2) is 25.5 Å². The SMILES string of the molecule is COc1cc(Cl)c(Cl)cc1-c1nccc2cc(S(=O)(=O)Nc3nccs3)ccc12. The highest BCUT2D eigenvalue weighted by Crippen LogP contribution is 2.39. The summed E-state index contributed by atoms with van der Waals surface area (Å²) in [5.41, 5.74) is 1.26. The first kappa shape index (κ1) is 19.9. The van der Waals surface area contributed by atoms with Crippen molar-refractivity contribution < 1.29 is 13.2 Å². The molecule has 2 aromatic heterocycles. The summed E-state index contributed by atoms with van der Waals surface area (Å²) in [6.45, 7) is 0. The maximum atomic E-state index is 12.7. The van der Waals surface area contributed by atoms with E-state index in [1.54, 1.807) is 41.9 Å². The topological polar surface area (TPSA) is 81.2 Å². The number of nitrogens with zero attached hydrogens (tertiary/aromatic N) is 2. The summed E-state index contributed by atoms with van der Waals surface area (Å²) in [6.07, 6.45) is 3.13. The van der Waals surface area contributed by atoms with Gasteiger partial charge in [0.1, 0.15) is 5.75 Å². The lowest BCUT2D eigenvalue weighted by atomic mass is 10.0. The summed E-state index contributed by atoms with van der Waals surface area (Å²) in [7, 11) is -2.23. The van der Waals surface area contributed by atoms with Gasteiger partial charge in [-0.2, -0.15) is 0 Å². The minimum atomic E-state index is -3.76. The molecule has 2 heterocycles. The van der Waals surface area contributed by atoms with E-state index in [2.05, 4.69) is 14.7 Å². The molecule has 0 unspecified atom stereocenters. The second-order valence-corrected chi connectivity index (χ2v) is 9.34. The number of ether oxygens (including phenoxy) is 1. The van der Waals surface area contributed by atoms with Crippen LogP contribution in [0.2, 0.25) is 10.0 Å². The molecule has 148 valence electrons. The van der Waals surface area contributed by atoms with Gasteiger partial charge < -0.3 is 4.74 Å². The number of hydrogen-bond donors (Lipinski definition) is 1. The van der Waals surface area contributed by atoms with Crippen molar-refractivity contribution in [3.8, 4) is 17.0 Å². The van der Waals surface area contributed by atoms with E-state index in [1.807, 2.05) is 0 Å². The quantitative estimate of drug-likeness (QED) is 0.422. The molecule has 0 saturated heterocycles. The van der Waals surface area contributed by atoms with Crippen LogP contribution in [0.5, 0.6) is 5.75 Å². The first-order chi connectivity index (χ1) is 13.9. The zero-order chi connectivity index (χ0) is 20.6. The van der Waals surface area contributed by atoms with Crippen molar-refractivity contribution in [2.24, 2.45) is 0 Å². The summed E-state index contributed by atoms with van der Waals surface area (Å²) < 4.78 is 33.2. The summed E-state index contributed by atoms with van der Waals surface area (Å²) >= 11 is 13.5. The fourth-order valence-corrected chi connectivity index (χ4v) is 5.01. The molecule has 0 atom stereocenters. The molecule has 2 aromatic carbocycles. The van der Waals surface area contributed by atoms with E-state index in [9.17, 15) is 8.42 Å². The van der Waals surface area contributed by atoms with Gasteiger partial charge in [-0.3, -0.25) is 9.71 Å². The minimum Gasteiger partial charge on any atom is -0.496 e. The number of halogens is 2. The number of fused-ring (bicyclic) bond motifs is 1. The van der Waals surface area contributed by atoms with E-state index in [1.165, 1.54) is 30.7 Å². The Bertz CT molecular complexity index is 1310. The predicted molar refractivity (Wildman–Crippen MR) is 117 cm³/mol. The molecule has 0 radical (unpaired) electrons. The smallest absolute Gasteiger partial charge is 0.263 e. The number of anilines is 1. The fraction of sp³-hybridized carbons (Fsp3) is 0.0526. The molecule has 29 heavy (non-hydrogen) atoms. The second kappa shape index (κ2) is 7.79. The van der Waals surface area contributed by atoms with Gasteiger partial charge in [-0.05, 0) is 29.7 Å². The molecule has 0 fully saturated rings. The monoisotopic (exact) mass is 465 g/mol. The maximum absolute atomic E-state index is 12.7. The lowest BCUT2D eigenvalue weighted by Crippen LogP contribution is -2.12. The van der Waals surface area contributed by atoms with Crippen molar-refractivity contribution in [2.75, 3.05) is 11.8 Å². The average Bonchev–Trinajstić information content (AvgIpc) is 3.21. The standard InChI is InChI=1S/C19H13Cl2N3O3S2/c1-27-17-10-16(21)15(20)9-14(17)18-13-3-2-12(8-11(13)4-5-22-18)29(25,26)24-19-23-6-7-28-19/h2-10H,1H3,(H,23,24). The normalized spacial score (nSPS) is 11.6. The lowest BCUT2D eigenvalue weighted by Gasteiger charge is -2.13. The molecule has 4 rings (SSSR count). The number of pyridine rings is 1. The van der Waals surface area contributed by atoms with Crippen molar-refractivity contribution in [3.05, 3.63) is 64.2 Å². The Morgan fingerprint density at radius 2 is 1.83 bits per heavy atom. The van der Waals surface area contributed by atoms with Crippen LogP contribution >= 0.6 is 34.5 Å². The average molecular weight is 466 g/mol. The van der Waals surface area contributed by atoms with E-state index < -0.39 is 10.0 Å². The van der Waals surface area contributed by atoms with Crippen molar-refractivity contribution in [3.63, 3.8) is 0 Å². The van der Waals surface area contributed by atoms with Crippen molar-refractivity contribution in [1.82, 2.24) is 9.97 Å². The zero-order valence-electron chi connectivity index (χ0n) is 14.9. The van der Waals surface area contributed by atoms with Crippen LogP contribution in [0.3, 0.4) is 0 Å². The molecule has 0 amide bonds. The van der Waals surface area contributed by atoms with Crippen LogP contribution in [0.4, 0.5) is 5.13 Å². The Labute approximate surface area is 181 Å². The second-order valence-electron chi connectivity index (χ2n) is 5.95. The molecule has 0 aliphatic carbocycles. The summed E-state index contributed by atoms with van der Waals surface area (Å²) in [5, 5.41) is 4.19. The molecular weight excluding hydrogens is 453 g/mol. The van der Waals surface area contributed by atoms with Gasteiger partial charge in [0.05, 0.1) is 27.7 Å². The molecule has 0 bridgehead atoms. The van der Waals surface area contributed by atoms with Gasteiger partial charge in [-0.25, -0.2) is 13.4 Å². The molecular formula is C19H13Cl2N3O3S2. The molecule has 10 heteroatoms. The summed E-state index contributed by atoms with van der Waals surface area (Å²) in [5.74, 6) is 0.515. The molecule has 0 aliphatic rings. The van der Waals surface area contributed by atoms with Gasteiger partial charge in [0.2, 0.25) is 0 Å². The molecule has 6 nitrogen and oxygen atoms in total. The first-order valence-corrected chi connectivity index (χ1v) is 11.4. The van der Waals surface area contributed by atoms with Gasteiger partial charge in [-0.15, -0.1) is 11.3 Å². The summed E-state index contributed by atoms with van der Waals surface area (Å²) in [6, 6.07) is 9.85. The molecule has 4 aromatic rings. The number of benzene rings is 2. The number of hydrogen-bond acceptors (Lipinski definition) is 6. The Hall–Kier alpha value is -2.39. The third-order valence-electron chi connectivity index (χ3n) is 4.20. The highest BCUT2D eigenvalue weighted by molar-refractivity contribution is 7.93. The van der Waals surface area contributed by atoms with Gasteiger partial charge in [0.15, 0.2) is 5.13 Å². The maximum Gasteiger partial charge on any atom is 0.263 e. The number of sulfonamides is 1. The van der Waals surface area contributed by atoms with Crippen LogP contribution in [0.25, 0.3) is 22.0 Å². The van der Waals surface area contributed by atoms with Gasteiger partial charge in [-0.1, -0.05) is 29.3 Å². The Morgan fingerprint density at radius 1 is 1.03 bits per heavy atom. The van der Waals surface area contributed by atoms with Gasteiger partial charge in [0.25, 0.3) is 10.0 Å². The van der Waals surface area contributed by atoms with Crippen molar-refractivity contribution in [2.45, 2.75) is 4.90 Å². The number of nitrogens with one attached hydrogen (secondary N) is 1. The third kappa shape index (κ3) is 3.89. The number of aromatic nitrogens is 2. The van der Waals surface area contributed by atoms with Crippen LogP contribution in [0.1, 0.15) is 0 Å².